The van der Waals surface area contributed by atoms with Crippen molar-refractivity contribution in [2.45, 2.75) is 32.9 Å². The minimum atomic E-state index is -1.04. The molecule has 2 aromatic carbocycles. The number of carboxylic acid groups (broad SMARTS) is 1. The van der Waals surface area contributed by atoms with Crippen molar-refractivity contribution in [1.29, 1.82) is 0 Å². The van der Waals surface area contributed by atoms with Gasteiger partial charge in [0.1, 0.15) is 5.75 Å². The predicted octanol–water partition coefficient (Wildman–Crippen LogP) is 3.37. The maximum absolute atomic E-state index is 13.3. The van der Waals surface area contributed by atoms with Crippen LogP contribution < -0.4 is 4.74 Å². The molecule has 2 atom stereocenters. The van der Waals surface area contributed by atoms with E-state index in [1.165, 1.54) is 0 Å². The van der Waals surface area contributed by atoms with Crippen LogP contribution in [0.15, 0.2) is 42.5 Å². The third kappa shape index (κ3) is 4.34. The van der Waals surface area contributed by atoms with Gasteiger partial charge in [-0.15, -0.1) is 0 Å². The second-order valence-electron chi connectivity index (χ2n) is 7.15. The van der Waals surface area contributed by atoms with Crippen LogP contribution in [0, 0.1) is 13.8 Å². The Hall–Kier alpha value is -2.86. The van der Waals surface area contributed by atoms with Gasteiger partial charge in [0.15, 0.2) is 6.61 Å². The molecule has 28 heavy (non-hydrogen) atoms. The lowest BCUT2D eigenvalue weighted by molar-refractivity contribution is -0.139. The molecule has 1 aliphatic heterocycles. The number of carbonyl (C=O) groups excluding carboxylic acids is 1. The van der Waals surface area contributed by atoms with Gasteiger partial charge in [-0.1, -0.05) is 30.3 Å². The van der Waals surface area contributed by atoms with Crippen LogP contribution in [0.5, 0.6) is 5.75 Å². The van der Waals surface area contributed by atoms with Crippen LogP contribution in [0.1, 0.15) is 40.0 Å². The first kappa shape index (κ1) is 19.9. The molecule has 1 heterocycles. The first-order valence-electron chi connectivity index (χ1n) is 9.30. The van der Waals surface area contributed by atoms with Crippen LogP contribution in [0.4, 0.5) is 0 Å². The lowest BCUT2D eigenvalue weighted by Gasteiger charge is -2.39. The van der Waals surface area contributed by atoms with Crippen molar-refractivity contribution in [3.63, 3.8) is 0 Å². The Bertz CT molecular complexity index is 841. The van der Waals surface area contributed by atoms with Crippen molar-refractivity contribution in [2.75, 3.05) is 19.8 Å². The highest BCUT2D eigenvalue weighted by molar-refractivity contribution is 5.95. The van der Waals surface area contributed by atoms with Crippen molar-refractivity contribution in [3.8, 4) is 5.75 Å². The largest absolute Gasteiger partial charge is 0.481 e. The number of amides is 1. The fraction of sp³-hybridized carbons (Fsp3) is 0.364. The van der Waals surface area contributed by atoms with E-state index >= 15 is 0 Å². The van der Waals surface area contributed by atoms with Gasteiger partial charge in [0.25, 0.3) is 5.91 Å². The van der Waals surface area contributed by atoms with E-state index < -0.39 is 12.6 Å². The Kier molecular flexibility index (Phi) is 5.99. The molecule has 0 spiro atoms. The van der Waals surface area contributed by atoms with E-state index in [1.54, 1.807) is 12.1 Å². The molecule has 1 saturated heterocycles. The molecule has 1 N–H and O–H groups in total. The SMILES string of the molecule is Cc1cc(C(=O)N2CC(C)OCC2c2ccccc2)cc(C)c1OCC(=O)O. The maximum atomic E-state index is 13.3. The summed E-state index contributed by atoms with van der Waals surface area (Å²) in [7, 11) is 0. The van der Waals surface area contributed by atoms with Gasteiger partial charge in [-0.3, -0.25) is 4.79 Å². The van der Waals surface area contributed by atoms with Crippen molar-refractivity contribution in [1.82, 2.24) is 4.90 Å². The van der Waals surface area contributed by atoms with Crippen molar-refractivity contribution >= 4 is 11.9 Å². The van der Waals surface area contributed by atoms with Crippen LogP contribution in [-0.2, 0) is 9.53 Å². The lowest BCUT2D eigenvalue weighted by atomic mass is 10.0. The van der Waals surface area contributed by atoms with Gasteiger partial charge in [0.05, 0.1) is 18.8 Å². The summed E-state index contributed by atoms with van der Waals surface area (Å²) in [6.45, 7) is 6.14. The standard InChI is InChI=1S/C22H25NO5/c1-14-9-18(10-15(2)21(14)28-13-20(24)25)22(26)23-11-16(3)27-12-19(23)17-7-5-4-6-8-17/h4-10,16,19H,11-13H2,1-3H3,(H,24,25). The summed E-state index contributed by atoms with van der Waals surface area (Å²) in [6.07, 6.45) is -0.0377. The molecule has 3 rings (SSSR count). The molecule has 2 unspecified atom stereocenters. The summed E-state index contributed by atoms with van der Waals surface area (Å²) < 4.78 is 11.2. The van der Waals surface area contributed by atoms with Gasteiger partial charge in [0, 0.05) is 12.1 Å². The Morgan fingerprint density at radius 3 is 2.43 bits per heavy atom. The van der Waals surface area contributed by atoms with Gasteiger partial charge in [-0.05, 0) is 49.6 Å². The molecule has 0 radical (unpaired) electrons. The average molecular weight is 383 g/mol. The number of ether oxygens (including phenoxy) is 2. The Morgan fingerprint density at radius 2 is 1.82 bits per heavy atom. The van der Waals surface area contributed by atoms with Crippen molar-refractivity contribution in [2.24, 2.45) is 0 Å². The van der Waals surface area contributed by atoms with E-state index in [0.29, 0.717) is 24.5 Å². The van der Waals surface area contributed by atoms with E-state index in [9.17, 15) is 9.59 Å². The number of carboxylic acids is 1. The Labute approximate surface area is 164 Å². The lowest BCUT2D eigenvalue weighted by Crippen LogP contribution is -2.46. The average Bonchev–Trinajstić information content (AvgIpc) is 2.67. The number of aryl methyl sites for hydroxylation is 2. The van der Waals surface area contributed by atoms with E-state index in [-0.39, 0.29) is 18.1 Å². The number of hydrogen-bond donors (Lipinski definition) is 1. The zero-order chi connectivity index (χ0) is 20.3. The van der Waals surface area contributed by atoms with Crippen LogP contribution in [0.3, 0.4) is 0 Å². The number of benzene rings is 2. The summed E-state index contributed by atoms with van der Waals surface area (Å²) >= 11 is 0. The molecule has 148 valence electrons. The third-order valence-corrected chi connectivity index (χ3v) is 4.86. The van der Waals surface area contributed by atoms with Crippen LogP contribution in [-0.4, -0.2) is 47.7 Å². The van der Waals surface area contributed by atoms with Gasteiger partial charge in [0.2, 0.25) is 0 Å². The topological polar surface area (TPSA) is 76.1 Å². The summed E-state index contributed by atoms with van der Waals surface area (Å²) in [5.41, 5.74) is 3.08. The third-order valence-electron chi connectivity index (χ3n) is 4.86. The Morgan fingerprint density at radius 1 is 1.18 bits per heavy atom. The number of rotatable bonds is 5. The molecule has 0 saturated carbocycles. The Balaban J connectivity index is 1.89. The normalized spacial score (nSPS) is 19.3. The number of aliphatic carboxylic acids is 1. The number of carbonyl (C=O) groups is 2. The number of nitrogens with zero attached hydrogens (tertiary/aromatic N) is 1. The van der Waals surface area contributed by atoms with Crippen LogP contribution in [0.2, 0.25) is 0 Å². The first-order chi connectivity index (χ1) is 13.4. The second-order valence-corrected chi connectivity index (χ2v) is 7.15. The molecule has 0 aromatic heterocycles. The maximum Gasteiger partial charge on any atom is 0.341 e. The molecular formula is C22H25NO5. The molecule has 1 fully saturated rings. The van der Waals surface area contributed by atoms with Gasteiger partial charge in [-0.2, -0.15) is 0 Å². The molecule has 1 amide bonds. The zero-order valence-electron chi connectivity index (χ0n) is 16.3. The van der Waals surface area contributed by atoms with Gasteiger partial charge >= 0.3 is 5.97 Å². The monoisotopic (exact) mass is 383 g/mol. The quantitative estimate of drug-likeness (QED) is 0.857. The highest BCUT2D eigenvalue weighted by Crippen LogP contribution is 2.30. The molecule has 0 aliphatic carbocycles. The van der Waals surface area contributed by atoms with Gasteiger partial charge < -0.3 is 19.5 Å². The first-order valence-corrected chi connectivity index (χ1v) is 9.30. The van der Waals surface area contributed by atoms with Crippen molar-refractivity contribution in [3.05, 3.63) is 64.7 Å². The second kappa shape index (κ2) is 8.44. The van der Waals surface area contributed by atoms with E-state index in [4.69, 9.17) is 14.6 Å². The number of morpholine rings is 1. The predicted molar refractivity (Wildman–Crippen MR) is 105 cm³/mol. The highest BCUT2D eigenvalue weighted by atomic mass is 16.5. The summed E-state index contributed by atoms with van der Waals surface area (Å²) in [5, 5.41) is 8.83. The van der Waals surface area contributed by atoms with Crippen LogP contribution in [0.25, 0.3) is 0 Å². The number of hydrogen-bond acceptors (Lipinski definition) is 4. The zero-order valence-corrected chi connectivity index (χ0v) is 16.3. The minimum Gasteiger partial charge on any atom is -0.481 e. The smallest absolute Gasteiger partial charge is 0.341 e. The fourth-order valence-corrected chi connectivity index (χ4v) is 3.58. The molecule has 1 aliphatic rings. The molecule has 6 heteroatoms. The van der Waals surface area contributed by atoms with Crippen molar-refractivity contribution < 1.29 is 24.2 Å². The minimum absolute atomic E-state index is 0.0377. The highest BCUT2D eigenvalue weighted by Gasteiger charge is 2.32. The summed E-state index contributed by atoms with van der Waals surface area (Å²) in [5.74, 6) is -0.596. The fourth-order valence-electron chi connectivity index (χ4n) is 3.58. The van der Waals surface area contributed by atoms with Crippen LogP contribution >= 0.6 is 0 Å². The molecule has 0 bridgehead atoms. The van der Waals surface area contributed by atoms with E-state index in [2.05, 4.69) is 0 Å². The molecule has 6 nitrogen and oxygen atoms in total. The van der Waals surface area contributed by atoms with E-state index in [0.717, 1.165) is 16.7 Å². The van der Waals surface area contributed by atoms with E-state index in [1.807, 2.05) is 56.0 Å². The summed E-state index contributed by atoms with van der Waals surface area (Å²) in [6, 6.07) is 13.2. The van der Waals surface area contributed by atoms with Gasteiger partial charge in [-0.25, -0.2) is 4.79 Å². The molecular weight excluding hydrogens is 358 g/mol. The molecule has 2 aromatic rings. The summed E-state index contributed by atoms with van der Waals surface area (Å²) in [4.78, 5) is 26.0.